The predicted molar refractivity (Wildman–Crippen MR) is 76.3 cm³/mol. The van der Waals surface area contributed by atoms with Crippen molar-refractivity contribution in [1.29, 1.82) is 0 Å². The molecule has 1 aliphatic heterocycles. The van der Waals surface area contributed by atoms with Gasteiger partial charge in [0.15, 0.2) is 0 Å². The van der Waals surface area contributed by atoms with Crippen LogP contribution in [0.2, 0.25) is 0 Å². The van der Waals surface area contributed by atoms with Gasteiger partial charge in [-0.3, -0.25) is 4.90 Å². The van der Waals surface area contributed by atoms with Crippen LogP contribution in [-0.4, -0.2) is 32.9 Å². The molecular formula is C14H18N4S. The highest BCUT2D eigenvalue weighted by atomic mass is 32.1. The standard InChI is InChI=1S/C14H18N4S/c1-10-5-11(2)17-14(16-10)12-3-4-18(6-12)7-13-8-19-9-15-13/h5,8-9,12H,3-4,6-7H2,1-2H3/t12-/m1/s1. The normalized spacial score (nSPS) is 20.0. The fraction of sp³-hybridized carbons (Fsp3) is 0.500. The number of thiazole rings is 1. The first-order chi connectivity index (χ1) is 9.20. The second-order valence-electron chi connectivity index (χ2n) is 5.21. The number of aryl methyl sites for hydroxylation is 2. The third-order valence-corrected chi connectivity index (χ3v) is 4.14. The van der Waals surface area contributed by atoms with Gasteiger partial charge in [-0.15, -0.1) is 11.3 Å². The molecule has 3 heterocycles. The molecule has 0 spiro atoms. The van der Waals surface area contributed by atoms with Crippen molar-refractivity contribution in [3.63, 3.8) is 0 Å². The zero-order chi connectivity index (χ0) is 13.2. The van der Waals surface area contributed by atoms with E-state index in [1.165, 1.54) is 5.69 Å². The number of hydrogen-bond acceptors (Lipinski definition) is 5. The van der Waals surface area contributed by atoms with E-state index in [1.54, 1.807) is 11.3 Å². The van der Waals surface area contributed by atoms with Crippen molar-refractivity contribution in [2.24, 2.45) is 0 Å². The summed E-state index contributed by atoms with van der Waals surface area (Å²) in [6, 6.07) is 2.03. The van der Waals surface area contributed by atoms with Crippen molar-refractivity contribution in [3.05, 3.63) is 39.9 Å². The van der Waals surface area contributed by atoms with Gasteiger partial charge in [0.25, 0.3) is 0 Å². The Kier molecular flexibility index (Phi) is 3.57. The maximum Gasteiger partial charge on any atom is 0.133 e. The average molecular weight is 274 g/mol. The number of nitrogens with zero attached hydrogens (tertiary/aromatic N) is 4. The molecule has 1 saturated heterocycles. The summed E-state index contributed by atoms with van der Waals surface area (Å²) in [6.45, 7) is 7.18. The number of rotatable bonds is 3. The van der Waals surface area contributed by atoms with Gasteiger partial charge >= 0.3 is 0 Å². The van der Waals surface area contributed by atoms with Gasteiger partial charge in [-0.25, -0.2) is 15.0 Å². The summed E-state index contributed by atoms with van der Waals surface area (Å²) in [6.07, 6.45) is 1.15. The summed E-state index contributed by atoms with van der Waals surface area (Å²) in [5, 5.41) is 2.13. The molecule has 0 saturated carbocycles. The van der Waals surface area contributed by atoms with E-state index in [2.05, 4.69) is 25.2 Å². The van der Waals surface area contributed by atoms with Gasteiger partial charge < -0.3 is 0 Å². The van der Waals surface area contributed by atoms with E-state index in [0.29, 0.717) is 5.92 Å². The summed E-state index contributed by atoms with van der Waals surface area (Å²) >= 11 is 1.66. The monoisotopic (exact) mass is 274 g/mol. The molecule has 5 heteroatoms. The Labute approximate surface area is 117 Å². The zero-order valence-electron chi connectivity index (χ0n) is 11.3. The first-order valence-electron chi connectivity index (χ1n) is 6.62. The second-order valence-corrected chi connectivity index (χ2v) is 5.93. The molecule has 0 aromatic carbocycles. The molecule has 2 aromatic heterocycles. The molecule has 0 N–H and O–H groups in total. The van der Waals surface area contributed by atoms with Crippen molar-refractivity contribution in [1.82, 2.24) is 19.9 Å². The molecule has 0 amide bonds. The lowest BCUT2D eigenvalue weighted by atomic mass is 10.1. The third kappa shape index (κ3) is 2.98. The van der Waals surface area contributed by atoms with E-state index in [1.807, 2.05) is 25.4 Å². The molecule has 1 atom stereocenters. The van der Waals surface area contributed by atoms with E-state index in [4.69, 9.17) is 0 Å². The van der Waals surface area contributed by atoms with Gasteiger partial charge in [-0.1, -0.05) is 0 Å². The molecule has 0 radical (unpaired) electrons. The van der Waals surface area contributed by atoms with Crippen LogP contribution in [0.5, 0.6) is 0 Å². The van der Waals surface area contributed by atoms with Crippen molar-refractivity contribution in [3.8, 4) is 0 Å². The molecule has 0 bridgehead atoms. The number of likely N-dealkylation sites (tertiary alicyclic amines) is 1. The largest absolute Gasteiger partial charge is 0.297 e. The molecule has 100 valence electrons. The quantitative estimate of drug-likeness (QED) is 0.862. The van der Waals surface area contributed by atoms with Gasteiger partial charge in [0.2, 0.25) is 0 Å². The van der Waals surface area contributed by atoms with Crippen LogP contribution in [0.4, 0.5) is 0 Å². The minimum atomic E-state index is 0.470. The maximum atomic E-state index is 4.60. The lowest BCUT2D eigenvalue weighted by molar-refractivity contribution is 0.322. The Morgan fingerprint density at radius 3 is 2.79 bits per heavy atom. The van der Waals surface area contributed by atoms with Crippen molar-refractivity contribution in [2.75, 3.05) is 13.1 Å². The molecular weight excluding hydrogens is 256 g/mol. The zero-order valence-corrected chi connectivity index (χ0v) is 12.2. The molecule has 1 aliphatic rings. The van der Waals surface area contributed by atoms with Gasteiger partial charge in [-0.05, 0) is 32.9 Å². The van der Waals surface area contributed by atoms with E-state index < -0.39 is 0 Å². The van der Waals surface area contributed by atoms with Crippen LogP contribution in [0.3, 0.4) is 0 Å². The third-order valence-electron chi connectivity index (χ3n) is 3.51. The molecule has 2 aromatic rings. The summed E-state index contributed by atoms with van der Waals surface area (Å²) in [5.74, 6) is 1.48. The maximum absolute atomic E-state index is 4.60. The highest BCUT2D eigenvalue weighted by molar-refractivity contribution is 7.07. The molecule has 0 unspecified atom stereocenters. The summed E-state index contributed by atoms with van der Waals surface area (Å²) in [5.41, 5.74) is 5.21. The lowest BCUT2D eigenvalue weighted by Crippen LogP contribution is -2.20. The highest BCUT2D eigenvalue weighted by Gasteiger charge is 2.26. The first-order valence-corrected chi connectivity index (χ1v) is 7.56. The highest BCUT2D eigenvalue weighted by Crippen LogP contribution is 2.26. The van der Waals surface area contributed by atoms with Crippen LogP contribution in [0, 0.1) is 13.8 Å². The average Bonchev–Trinajstić information content (AvgIpc) is 2.99. The van der Waals surface area contributed by atoms with E-state index in [9.17, 15) is 0 Å². The van der Waals surface area contributed by atoms with E-state index in [0.717, 1.165) is 43.3 Å². The topological polar surface area (TPSA) is 41.9 Å². The van der Waals surface area contributed by atoms with Crippen molar-refractivity contribution < 1.29 is 0 Å². The van der Waals surface area contributed by atoms with E-state index in [-0.39, 0.29) is 0 Å². The Morgan fingerprint density at radius 1 is 1.32 bits per heavy atom. The van der Waals surface area contributed by atoms with Crippen LogP contribution in [0.15, 0.2) is 17.0 Å². The van der Waals surface area contributed by atoms with Gasteiger partial charge in [-0.2, -0.15) is 0 Å². The summed E-state index contributed by atoms with van der Waals surface area (Å²) in [7, 11) is 0. The van der Waals surface area contributed by atoms with Crippen LogP contribution in [0.1, 0.15) is 35.2 Å². The fourth-order valence-electron chi connectivity index (χ4n) is 2.67. The Hall–Kier alpha value is -1.33. The smallest absolute Gasteiger partial charge is 0.133 e. The Balaban J connectivity index is 1.68. The van der Waals surface area contributed by atoms with Crippen molar-refractivity contribution >= 4 is 11.3 Å². The van der Waals surface area contributed by atoms with Crippen LogP contribution in [0.25, 0.3) is 0 Å². The first kappa shape index (κ1) is 12.7. The SMILES string of the molecule is Cc1cc(C)nc([C@@H]2CCN(Cc3cscn3)C2)n1. The fourth-order valence-corrected chi connectivity index (χ4v) is 3.22. The number of hydrogen-bond donors (Lipinski definition) is 0. The van der Waals surface area contributed by atoms with Crippen LogP contribution in [-0.2, 0) is 6.54 Å². The molecule has 3 rings (SSSR count). The van der Waals surface area contributed by atoms with Gasteiger partial charge in [0, 0.05) is 35.8 Å². The summed E-state index contributed by atoms with van der Waals surface area (Å²) < 4.78 is 0. The van der Waals surface area contributed by atoms with E-state index >= 15 is 0 Å². The minimum Gasteiger partial charge on any atom is -0.297 e. The Morgan fingerprint density at radius 2 is 2.11 bits per heavy atom. The Bertz CT molecular complexity index is 532. The molecule has 4 nitrogen and oxygen atoms in total. The molecule has 1 fully saturated rings. The summed E-state index contributed by atoms with van der Waals surface area (Å²) in [4.78, 5) is 16.0. The molecule has 0 aliphatic carbocycles. The van der Waals surface area contributed by atoms with Crippen LogP contribution >= 0.6 is 11.3 Å². The van der Waals surface area contributed by atoms with Gasteiger partial charge in [0.05, 0.1) is 11.2 Å². The van der Waals surface area contributed by atoms with Crippen molar-refractivity contribution in [2.45, 2.75) is 32.7 Å². The predicted octanol–water partition coefficient (Wildman–Crippen LogP) is 2.54. The number of aromatic nitrogens is 3. The second kappa shape index (κ2) is 5.35. The molecule has 19 heavy (non-hydrogen) atoms. The minimum absolute atomic E-state index is 0.470. The van der Waals surface area contributed by atoms with Gasteiger partial charge in [0.1, 0.15) is 5.82 Å². The lowest BCUT2D eigenvalue weighted by Gasteiger charge is -2.14. The van der Waals surface area contributed by atoms with Crippen LogP contribution < -0.4 is 0 Å².